The Kier molecular flexibility index (Phi) is 1.93. The molecule has 1 heterocycles. The highest BCUT2D eigenvalue weighted by atomic mass is 16.6. The van der Waals surface area contributed by atoms with Crippen LogP contribution in [0.1, 0.15) is 31.2 Å². The van der Waals surface area contributed by atoms with E-state index in [-0.39, 0.29) is 16.2 Å². The molecule has 1 spiro atoms. The highest BCUT2D eigenvalue weighted by Gasteiger charge is 2.42. The van der Waals surface area contributed by atoms with Crippen molar-refractivity contribution >= 4 is 5.69 Å². The molecular weight excluding hydrogens is 206 g/mol. The van der Waals surface area contributed by atoms with E-state index in [1.807, 2.05) is 0 Å². The quantitative estimate of drug-likeness (QED) is 0.539. The van der Waals surface area contributed by atoms with Crippen molar-refractivity contribution < 1.29 is 9.66 Å². The minimum Gasteiger partial charge on any atom is -0.487 e. The summed E-state index contributed by atoms with van der Waals surface area (Å²) in [6.07, 6.45) is 5.40. The Labute approximate surface area is 93.4 Å². The molecule has 1 aromatic carbocycles. The number of nitrogens with zero attached hydrogens (tertiary/aromatic N) is 1. The molecule has 0 bridgehead atoms. The van der Waals surface area contributed by atoms with Crippen molar-refractivity contribution in [3.8, 4) is 5.75 Å². The SMILES string of the molecule is O=[N+]([O-])c1ccc2c(c1)CC1(CCCC1)O2. The van der Waals surface area contributed by atoms with Crippen LogP contribution in [0.3, 0.4) is 0 Å². The number of ether oxygens (including phenoxy) is 1. The summed E-state index contributed by atoms with van der Waals surface area (Å²) in [4.78, 5) is 10.3. The highest BCUT2D eigenvalue weighted by Crippen LogP contribution is 2.45. The van der Waals surface area contributed by atoms with Crippen LogP contribution in [0.15, 0.2) is 18.2 Å². The fourth-order valence-electron chi connectivity index (χ4n) is 2.83. The maximum atomic E-state index is 10.7. The number of rotatable bonds is 1. The fourth-order valence-corrected chi connectivity index (χ4v) is 2.83. The Morgan fingerprint density at radius 1 is 1.31 bits per heavy atom. The molecule has 1 aromatic rings. The molecule has 1 aliphatic carbocycles. The van der Waals surface area contributed by atoms with Crippen molar-refractivity contribution in [2.75, 3.05) is 0 Å². The van der Waals surface area contributed by atoms with Gasteiger partial charge in [-0.2, -0.15) is 0 Å². The molecule has 1 saturated carbocycles. The average molecular weight is 219 g/mol. The molecular formula is C12H13NO3. The van der Waals surface area contributed by atoms with Gasteiger partial charge in [0.25, 0.3) is 5.69 Å². The van der Waals surface area contributed by atoms with Gasteiger partial charge < -0.3 is 4.74 Å². The minimum atomic E-state index is -0.347. The molecule has 1 fully saturated rings. The zero-order valence-electron chi connectivity index (χ0n) is 8.94. The van der Waals surface area contributed by atoms with Crippen LogP contribution in [0.2, 0.25) is 0 Å². The largest absolute Gasteiger partial charge is 0.487 e. The number of fused-ring (bicyclic) bond motifs is 1. The van der Waals surface area contributed by atoms with E-state index in [9.17, 15) is 10.1 Å². The lowest BCUT2D eigenvalue weighted by molar-refractivity contribution is -0.384. The lowest BCUT2D eigenvalue weighted by atomic mass is 9.95. The van der Waals surface area contributed by atoms with Crippen LogP contribution < -0.4 is 4.74 Å². The van der Waals surface area contributed by atoms with E-state index < -0.39 is 0 Å². The van der Waals surface area contributed by atoms with Crippen molar-refractivity contribution in [3.05, 3.63) is 33.9 Å². The molecule has 4 nitrogen and oxygen atoms in total. The summed E-state index contributed by atoms with van der Waals surface area (Å²) >= 11 is 0. The van der Waals surface area contributed by atoms with Crippen LogP contribution in [-0.2, 0) is 6.42 Å². The maximum absolute atomic E-state index is 10.7. The molecule has 1 aliphatic heterocycles. The number of hydrogen-bond donors (Lipinski definition) is 0. The molecule has 16 heavy (non-hydrogen) atoms. The van der Waals surface area contributed by atoms with Crippen molar-refractivity contribution in [1.82, 2.24) is 0 Å². The summed E-state index contributed by atoms with van der Waals surface area (Å²) in [6.45, 7) is 0. The molecule has 84 valence electrons. The van der Waals surface area contributed by atoms with Gasteiger partial charge in [0, 0.05) is 24.1 Å². The van der Waals surface area contributed by atoms with Crippen LogP contribution in [0, 0.1) is 10.1 Å². The summed E-state index contributed by atoms with van der Waals surface area (Å²) in [7, 11) is 0. The zero-order chi connectivity index (χ0) is 11.2. The first kappa shape index (κ1) is 9.63. The second-order valence-corrected chi connectivity index (χ2v) is 4.72. The number of hydrogen-bond acceptors (Lipinski definition) is 3. The van der Waals surface area contributed by atoms with E-state index in [1.165, 1.54) is 18.9 Å². The molecule has 0 radical (unpaired) electrons. The topological polar surface area (TPSA) is 52.4 Å². The Morgan fingerprint density at radius 3 is 2.75 bits per heavy atom. The minimum absolute atomic E-state index is 0.0441. The number of nitro benzene ring substituents is 1. The Hall–Kier alpha value is -1.58. The standard InChI is InChI=1S/C12H13NO3/c14-13(15)10-3-4-11-9(7-10)8-12(16-11)5-1-2-6-12/h3-4,7H,1-2,5-6,8H2. The van der Waals surface area contributed by atoms with Crippen molar-refractivity contribution in [1.29, 1.82) is 0 Å². The monoisotopic (exact) mass is 219 g/mol. The smallest absolute Gasteiger partial charge is 0.269 e. The van der Waals surface area contributed by atoms with E-state index in [2.05, 4.69) is 0 Å². The number of non-ortho nitro benzene ring substituents is 1. The molecule has 0 aromatic heterocycles. The van der Waals surface area contributed by atoms with E-state index in [0.29, 0.717) is 0 Å². The van der Waals surface area contributed by atoms with Gasteiger partial charge in [0.1, 0.15) is 11.4 Å². The second kappa shape index (κ2) is 3.20. The fraction of sp³-hybridized carbons (Fsp3) is 0.500. The van der Waals surface area contributed by atoms with Gasteiger partial charge in [-0.05, 0) is 31.7 Å². The van der Waals surface area contributed by atoms with Crippen LogP contribution in [-0.4, -0.2) is 10.5 Å². The summed E-state index contributed by atoms with van der Waals surface area (Å²) in [5.74, 6) is 0.840. The zero-order valence-corrected chi connectivity index (χ0v) is 8.94. The summed E-state index contributed by atoms with van der Waals surface area (Å²) < 4.78 is 5.97. The molecule has 0 atom stereocenters. The Balaban J connectivity index is 1.94. The van der Waals surface area contributed by atoms with Crippen molar-refractivity contribution in [3.63, 3.8) is 0 Å². The second-order valence-electron chi connectivity index (χ2n) is 4.72. The van der Waals surface area contributed by atoms with E-state index in [1.54, 1.807) is 12.1 Å². The van der Waals surface area contributed by atoms with Crippen LogP contribution in [0.4, 0.5) is 5.69 Å². The molecule has 0 unspecified atom stereocenters. The Morgan fingerprint density at radius 2 is 2.06 bits per heavy atom. The normalized spacial score (nSPS) is 20.8. The lowest BCUT2D eigenvalue weighted by Gasteiger charge is -2.22. The van der Waals surface area contributed by atoms with Crippen LogP contribution in [0.25, 0.3) is 0 Å². The molecule has 2 aliphatic rings. The highest BCUT2D eigenvalue weighted by molar-refractivity contribution is 5.47. The van der Waals surface area contributed by atoms with E-state index in [0.717, 1.165) is 30.6 Å². The third-order valence-corrected chi connectivity index (χ3v) is 3.61. The van der Waals surface area contributed by atoms with Gasteiger partial charge in [0.2, 0.25) is 0 Å². The van der Waals surface area contributed by atoms with Gasteiger partial charge in [-0.3, -0.25) is 10.1 Å². The molecule has 0 saturated heterocycles. The van der Waals surface area contributed by atoms with E-state index in [4.69, 9.17) is 4.74 Å². The number of benzene rings is 1. The van der Waals surface area contributed by atoms with Gasteiger partial charge in [-0.1, -0.05) is 0 Å². The Bertz CT molecular complexity index is 450. The number of nitro groups is 1. The van der Waals surface area contributed by atoms with Gasteiger partial charge in [0.05, 0.1) is 4.92 Å². The summed E-state index contributed by atoms with van der Waals surface area (Å²) in [5.41, 5.74) is 1.12. The summed E-state index contributed by atoms with van der Waals surface area (Å²) in [6, 6.07) is 4.91. The summed E-state index contributed by atoms with van der Waals surface area (Å²) in [5, 5.41) is 10.7. The third-order valence-electron chi connectivity index (χ3n) is 3.61. The molecule has 0 N–H and O–H groups in total. The van der Waals surface area contributed by atoms with Crippen molar-refractivity contribution in [2.24, 2.45) is 0 Å². The molecule has 4 heteroatoms. The van der Waals surface area contributed by atoms with Crippen molar-refractivity contribution in [2.45, 2.75) is 37.7 Å². The first-order valence-corrected chi connectivity index (χ1v) is 5.65. The molecule has 3 rings (SSSR count). The maximum Gasteiger partial charge on any atom is 0.269 e. The van der Waals surface area contributed by atoms with Crippen LogP contribution >= 0.6 is 0 Å². The van der Waals surface area contributed by atoms with Gasteiger partial charge in [0.15, 0.2) is 0 Å². The van der Waals surface area contributed by atoms with Gasteiger partial charge in [-0.25, -0.2) is 0 Å². The average Bonchev–Trinajstić information content (AvgIpc) is 2.84. The van der Waals surface area contributed by atoms with E-state index >= 15 is 0 Å². The molecule has 0 amide bonds. The first-order chi connectivity index (χ1) is 7.69. The van der Waals surface area contributed by atoms with Gasteiger partial charge in [-0.15, -0.1) is 0 Å². The lowest BCUT2D eigenvalue weighted by Crippen LogP contribution is -2.29. The first-order valence-electron chi connectivity index (χ1n) is 5.65. The predicted octanol–water partition coefficient (Wildman–Crippen LogP) is 2.84. The van der Waals surface area contributed by atoms with Gasteiger partial charge >= 0.3 is 0 Å². The van der Waals surface area contributed by atoms with Crippen LogP contribution in [0.5, 0.6) is 5.75 Å². The third kappa shape index (κ3) is 1.37. The predicted molar refractivity (Wildman–Crippen MR) is 58.6 cm³/mol.